The van der Waals surface area contributed by atoms with Crippen molar-refractivity contribution >= 4 is 17.7 Å². The number of imide groups is 1. The zero-order valence-electron chi connectivity index (χ0n) is 16.0. The molecule has 3 aromatic rings. The number of aryl methyl sites for hydroxylation is 1. The Morgan fingerprint density at radius 1 is 0.793 bits per heavy atom. The molecule has 1 aliphatic heterocycles. The van der Waals surface area contributed by atoms with Gasteiger partial charge in [-0.25, -0.2) is 0 Å². The number of carbonyl (C=O) groups is 3. The predicted octanol–water partition coefficient (Wildman–Crippen LogP) is 3.50. The molecule has 5 heteroatoms. The van der Waals surface area contributed by atoms with Crippen molar-refractivity contribution in [2.24, 2.45) is 0 Å². The summed E-state index contributed by atoms with van der Waals surface area (Å²) in [6, 6.07) is 23.8. The summed E-state index contributed by atoms with van der Waals surface area (Å²) in [5.74, 6) is -1.27. The second kappa shape index (κ2) is 7.72. The van der Waals surface area contributed by atoms with E-state index in [2.05, 4.69) is 5.32 Å². The van der Waals surface area contributed by atoms with Crippen LogP contribution in [0.5, 0.6) is 0 Å². The highest BCUT2D eigenvalue weighted by molar-refractivity contribution is 6.22. The molecule has 1 heterocycles. The molecular formula is C24H20N2O3. The first-order valence-corrected chi connectivity index (χ1v) is 9.40. The van der Waals surface area contributed by atoms with E-state index in [1.807, 2.05) is 61.5 Å². The summed E-state index contributed by atoms with van der Waals surface area (Å²) in [6.07, 6.45) is 0. The number of hydrogen-bond donors (Lipinski definition) is 1. The van der Waals surface area contributed by atoms with Gasteiger partial charge in [-0.15, -0.1) is 0 Å². The lowest BCUT2D eigenvalue weighted by atomic mass is 9.98. The summed E-state index contributed by atoms with van der Waals surface area (Å²) in [4.78, 5) is 38.9. The van der Waals surface area contributed by atoms with Gasteiger partial charge in [0.2, 0.25) is 5.91 Å². The van der Waals surface area contributed by atoms with E-state index in [4.69, 9.17) is 0 Å². The predicted molar refractivity (Wildman–Crippen MR) is 109 cm³/mol. The molecule has 29 heavy (non-hydrogen) atoms. The van der Waals surface area contributed by atoms with Gasteiger partial charge in [0.1, 0.15) is 6.54 Å². The number of amides is 3. The van der Waals surface area contributed by atoms with Crippen LogP contribution in [-0.2, 0) is 4.79 Å². The fourth-order valence-electron chi connectivity index (χ4n) is 3.50. The number of nitrogens with one attached hydrogen (secondary N) is 1. The zero-order valence-corrected chi connectivity index (χ0v) is 16.0. The van der Waals surface area contributed by atoms with E-state index in [1.54, 1.807) is 24.3 Å². The number of hydrogen-bond acceptors (Lipinski definition) is 3. The fraction of sp³-hybridized carbons (Fsp3) is 0.125. The fourth-order valence-corrected chi connectivity index (χ4v) is 3.50. The Hall–Kier alpha value is -3.73. The van der Waals surface area contributed by atoms with Gasteiger partial charge in [-0.05, 0) is 30.2 Å². The Morgan fingerprint density at radius 2 is 1.31 bits per heavy atom. The largest absolute Gasteiger partial charge is 0.344 e. The highest BCUT2D eigenvalue weighted by Crippen LogP contribution is 2.24. The maximum atomic E-state index is 12.8. The van der Waals surface area contributed by atoms with E-state index in [9.17, 15) is 14.4 Å². The molecule has 0 fully saturated rings. The summed E-state index contributed by atoms with van der Waals surface area (Å²) in [7, 11) is 0. The van der Waals surface area contributed by atoms with Gasteiger partial charge in [-0.3, -0.25) is 19.3 Å². The molecule has 0 aliphatic carbocycles. The number of benzene rings is 3. The van der Waals surface area contributed by atoms with Gasteiger partial charge >= 0.3 is 0 Å². The average molecular weight is 384 g/mol. The van der Waals surface area contributed by atoms with E-state index < -0.39 is 17.7 Å². The van der Waals surface area contributed by atoms with E-state index in [0.29, 0.717) is 11.1 Å². The average Bonchev–Trinajstić information content (AvgIpc) is 2.98. The Bertz CT molecular complexity index is 1040. The van der Waals surface area contributed by atoms with Crippen molar-refractivity contribution < 1.29 is 14.4 Å². The van der Waals surface area contributed by atoms with Crippen molar-refractivity contribution in [2.45, 2.75) is 13.0 Å². The third-order valence-corrected chi connectivity index (χ3v) is 5.03. The number of rotatable bonds is 5. The maximum absolute atomic E-state index is 12.8. The molecule has 3 amide bonds. The monoisotopic (exact) mass is 384 g/mol. The van der Waals surface area contributed by atoms with E-state index in [0.717, 1.165) is 21.6 Å². The first-order valence-electron chi connectivity index (χ1n) is 9.40. The van der Waals surface area contributed by atoms with Crippen LogP contribution in [0, 0.1) is 6.92 Å². The van der Waals surface area contributed by atoms with Crippen molar-refractivity contribution in [3.63, 3.8) is 0 Å². The maximum Gasteiger partial charge on any atom is 0.262 e. The Kier molecular flexibility index (Phi) is 4.96. The molecule has 0 unspecified atom stereocenters. The molecule has 1 N–H and O–H groups in total. The zero-order chi connectivity index (χ0) is 20.4. The van der Waals surface area contributed by atoms with Crippen LogP contribution < -0.4 is 5.32 Å². The van der Waals surface area contributed by atoms with E-state index in [-0.39, 0.29) is 12.6 Å². The van der Waals surface area contributed by atoms with Crippen molar-refractivity contribution in [3.05, 3.63) is 107 Å². The molecule has 5 nitrogen and oxygen atoms in total. The Labute approximate surface area is 169 Å². The first kappa shape index (κ1) is 18.6. The van der Waals surface area contributed by atoms with Gasteiger partial charge in [-0.2, -0.15) is 0 Å². The Morgan fingerprint density at radius 3 is 1.90 bits per heavy atom. The lowest BCUT2D eigenvalue weighted by Crippen LogP contribution is -2.41. The minimum Gasteiger partial charge on any atom is -0.344 e. The van der Waals surface area contributed by atoms with Crippen LogP contribution in [-0.4, -0.2) is 29.2 Å². The molecule has 4 rings (SSSR count). The Balaban J connectivity index is 1.56. The molecule has 1 atom stereocenters. The van der Waals surface area contributed by atoms with Gasteiger partial charge < -0.3 is 5.32 Å². The standard InChI is InChI=1S/C24H20N2O3/c1-16-11-13-18(14-12-16)22(17-7-3-2-4-8-17)25-21(27)15-26-23(28)19-9-5-6-10-20(19)24(26)29/h2-14,22H,15H2,1H3,(H,25,27)/t22-/m0/s1. The van der Waals surface area contributed by atoms with Gasteiger partial charge in [0, 0.05) is 0 Å². The third kappa shape index (κ3) is 3.67. The molecule has 144 valence electrons. The molecule has 0 bridgehead atoms. The van der Waals surface area contributed by atoms with Gasteiger partial charge in [0.15, 0.2) is 0 Å². The number of carbonyl (C=O) groups excluding carboxylic acids is 3. The molecule has 0 aromatic heterocycles. The van der Waals surface area contributed by atoms with Crippen LogP contribution in [0.2, 0.25) is 0 Å². The van der Waals surface area contributed by atoms with Crippen LogP contribution in [0.15, 0.2) is 78.9 Å². The molecule has 0 radical (unpaired) electrons. The van der Waals surface area contributed by atoms with E-state index >= 15 is 0 Å². The molecule has 0 spiro atoms. The van der Waals surface area contributed by atoms with E-state index in [1.165, 1.54) is 0 Å². The van der Waals surface area contributed by atoms with Gasteiger partial charge in [-0.1, -0.05) is 72.3 Å². The quantitative estimate of drug-likeness (QED) is 0.685. The molecule has 3 aromatic carbocycles. The lowest BCUT2D eigenvalue weighted by Gasteiger charge is -2.22. The van der Waals surface area contributed by atoms with Crippen LogP contribution in [0.1, 0.15) is 43.4 Å². The summed E-state index contributed by atoms with van der Waals surface area (Å²) < 4.78 is 0. The topological polar surface area (TPSA) is 66.5 Å². The smallest absolute Gasteiger partial charge is 0.262 e. The van der Waals surface area contributed by atoms with Crippen LogP contribution in [0.3, 0.4) is 0 Å². The summed E-state index contributed by atoms with van der Waals surface area (Å²) in [5.41, 5.74) is 3.65. The molecule has 0 saturated heterocycles. The van der Waals surface area contributed by atoms with Crippen molar-refractivity contribution in [2.75, 3.05) is 6.54 Å². The molecular weight excluding hydrogens is 364 g/mol. The number of fused-ring (bicyclic) bond motifs is 1. The second-order valence-electron chi connectivity index (χ2n) is 7.06. The molecule has 1 aliphatic rings. The lowest BCUT2D eigenvalue weighted by molar-refractivity contribution is -0.121. The van der Waals surface area contributed by atoms with Crippen LogP contribution >= 0.6 is 0 Å². The number of nitrogens with zero attached hydrogens (tertiary/aromatic N) is 1. The van der Waals surface area contributed by atoms with Gasteiger partial charge in [0.05, 0.1) is 17.2 Å². The van der Waals surface area contributed by atoms with Crippen molar-refractivity contribution in [1.29, 1.82) is 0 Å². The van der Waals surface area contributed by atoms with Crippen LogP contribution in [0.4, 0.5) is 0 Å². The highest BCUT2D eigenvalue weighted by atomic mass is 16.2. The van der Waals surface area contributed by atoms with Gasteiger partial charge in [0.25, 0.3) is 11.8 Å². The van der Waals surface area contributed by atoms with Crippen LogP contribution in [0.25, 0.3) is 0 Å². The normalized spacial score (nSPS) is 13.9. The summed E-state index contributed by atoms with van der Waals surface area (Å²) in [6.45, 7) is 1.68. The summed E-state index contributed by atoms with van der Waals surface area (Å²) in [5, 5.41) is 2.98. The third-order valence-electron chi connectivity index (χ3n) is 5.03. The van der Waals surface area contributed by atoms with Crippen molar-refractivity contribution in [3.8, 4) is 0 Å². The van der Waals surface area contributed by atoms with Crippen molar-refractivity contribution in [1.82, 2.24) is 10.2 Å². The minimum atomic E-state index is -0.438. The molecule has 0 saturated carbocycles. The second-order valence-corrected chi connectivity index (χ2v) is 7.06. The minimum absolute atomic E-state index is 0.318. The SMILES string of the molecule is Cc1ccc([C@@H](NC(=O)CN2C(=O)c3ccccc3C2=O)c2ccccc2)cc1. The highest BCUT2D eigenvalue weighted by Gasteiger charge is 2.36. The summed E-state index contributed by atoms with van der Waals surface area (Å²) >= 11 is 0. The first-order chi connectivity index (χ1) is 14.0.